The number of aromatic nitrogens is 1. The van der Waals surface area contributed by atoms with Crippen LogP contribution in [0, 0.1) is 5.82 Å². The minimum atomic E-state index is -0.454. The van der Waals surface area contributed by atoms with Gasteiger partial charge in [0, 0.05) is 39.8 Å². The Morgan fingerprint density at radius 3 is 2.68 bits per heavy atom. The van der Waals surface area contributed by atoms with Crippen LogP contribution in [0.25, 0.3) is 0 Å². The van der Waals surface area contributed by atoms with Gasteiger partial charge in [0.1, 0.15) is 11.6 Å². The molecule has 0 saturated heterocycles. The number of nitrogens with zero attached hydrogens (tertiary/aromatic N) is 1. The molecule has 0 aliphatic heterocycles. The Morgan fingerprint density at radius 1 is 1.26 bits per heavy atom. The Kier molecular flexibility index (Phi) is 4.66. The summed E-state index contributed by atoms with van der Waals surface area (Å²) in [5, 5.41) is 0.275. The fourth-order valence-electron chi connectivity index (χ4n) is 1.67. The minimum Gasteiger partial charge on any atom is -0.299 e. The van der Waals surface area contributed by atoms with Crippen molar-refractivity contribution in [3.63, 3.8) is 0 Å². The molecule has 2 aromatic rings. The summed E-state index contributed by atoms with van der Waals surface area (Å²) < 4.78 is 14.4. The predicted molar refractivity (Wildman–Crippen MR) is 75.8 cm³/mol. The molecule has 0 fully saturated rings. The van der Waals surface area contributed by atoms with Crippen LogP contribution in [0.5, 0.6) is 0 Å². The lowest BCUT2D eigenvalue weighted by Gasteiger charge is -2.05. The fourth-order valence-corrected chi connectivity index (χ4v) is 2.14. The second-order valence-electron chi connectivity index (χ2n) is 4.06. The molecule has 2 nitrogen and oxygen atoms in total. The van der Waals surface area contributed by atoms with E-state index in [0.29, 0.717) is 5.69 Å². The van der Waals surface area contributed by atoms with Crippen LogP contribution >= 0.6 is 27.5 Å². The first-order valence-electron chi connectivity index (χ1n) is 5.61. The molecule has 0 N–H and O–H groups in total. The molecule has 0 aliphatic rings. The lowest BCUT2D eigenvalue weighted by Crippen LogP contribution is -2.09. The average Bonchev–Trinajstić information content (AvgIpc) is 2.37. The number of ketones is 1. The van der Waals surface area contributed by atoms with Gasteiger partial charge < -0.3 is 0 Å². The number of hydrogen-bond acceptors (Lipinski definition) is 2. The van der Waals surface area contributed by atoms with Gasteiger partial charge in [-0.05, 0) is 40.2 Å². The number of carbonyl (C=O) groups excluding carboxylic acids is 1. The first kappa shape index (κ1) is 14.2. The van der Waals surface area contributed by atoms with Crippen molar-refractivity contribution < 1.29 is 9.18 Å². The van der Waals surface area contributed by atoms with Crippen molar-refractivity contribution in [2.45, 2.75) is 12.8 Å². The third-order valence-electron chi connectivity index (χ3n) is 2.60. The molecule has 0 atom stereocenters. The van der Waals surface area contributed by atoms with Crippen molar-refractivity contribution in [3.8, 4) is 0 Å². The van der Waals surface area contributed by atoms with Gasteiger partial charge in [0.25, 0.3) is 0 Å². The highest BCUT2D eigenvalue weighted by Crippen LogP contribution is 2.20. The van der Waals surface area contributed by atoms with Gasteiger partial charge in [-0.2, -0.15) is 0 Å². The fraction of sp³-hybridized carbons (Fsp3) is 0.143. The van der Waals surface area contributed by atoms with Crippen LogP contribution in [0.2, 0.25) is 5.02 Å². The second-order valence-corrected chi connectivity index (χ2v) is 5.38. The zero-order valence-corrected chi connectivity index (χ0v) is 12.2. The molecule has 0 bridgehead atoms. The molecule has 0 unspecified atom stereocenters. The third kappa shape index (κ3) is 3.85. The van der Waals surface area contributed by atoms with E-state index in [2.05, 4.69) is 20.9 Å². The first-order valence-corrected chi connectivity index (χ1v) is 6.78. The van der Waals surface area contributed by atoms with Crippen LogP contribution in [0.1, 0.15) is 11.3 Å². The zero-order valence-electron chi connectivity index (χ0n) is 9.87. The van der Waals surface area contributed by atoms with E-state index in [-0.39, 0.29) is 29.2 Å². The molecular weight excluding hydrogens is 333 g/mol. The van der Waals surface area contributed by atoms with E-state index >= 15 is 0 Å². The van der Waals surface area contributed by atoms with Gasteiger partial charge in [-0.15, -0.1) is 0 Å². The highest BCUT2D eigenvalue weighted by atomic mass is 79.9. The molecule has 2 rings (SSSR count). The maximum Gasteiger partial charge on any atom is 0.143 e. The van der Waals surface area contributed by atoms with Gasteiger partial charge in [0.15, 0.2) is 0 Å². The Morgan fingerprint density at radius 2 is 2.05 bits per heavy atom. The molecule has 0 saturated carbocycles. The molecule has 1 aromatic carbocycles. The molecule has 1 heterocycles. The Labute approximate surface area is 123 Å². The van der Waals surface area contributed by atoms with Crippen LogP contribution < -0.4 is 0 Å². The van der Waals surface area contributed by atoms with Crippen molar-refractivity contribution in [3.05, 3.63) is 63.1 Å². The standard InChI is InChI=1S/C14H10BrClFNO/c15-9-4-5-10(18-8-9)6-11(19)7-12-13(16)2-1-3-14(12)17/h1-5,8H,6-7H2. The summed E-state index contributed by atoms with van der Waals surface area (Å²) in [6.07, 6.45) is 1.76. The molecule has 5 heteroatoms. The number of hydrogen-bond donors (Lipinski definition) is 0. The molecule has 0 radical (unpaired) electrons. The summed E-state index contributed by atoms with van der Waals surface area (Å²) in [6, 6.07) is 7.95. The van der Waals surface area contributed by atoms with E-state index < -0.39 is 5.82 Å². The van der Waals surface area contributed by atoms with E-state index in [1.165, 1.54) is 12.1 Å². The number of pyridine rings is 1. The Balaban J connectivity index is 2.07. The topological polar surface area (TPSA) is 30.0 Å². The van der Waals surface area contributed by atoms with Crippen molar-refractivity contribution in [1.82, 2.24) is 4.98 Å². The van der Waals surface area contributed by atoms with Crippen LogP contribution in [0.4, 0.5) is 4.39 Å². The first-order chi connectivity index (χ1) is 9.06. The zero-order chi connectivity index (χ0) is 13.8. The summed E-state index contributed by atoms with van der Waals surface area (Å²) in [5.41, 5.74) is 0.895. The molecule has 19 heavy (non-hydrogen) atoms. The third-order valence-corrected chi connectivity index (χ3v) is 3.43. The molecular formula is C14H10BrClFNO. The van der Waals surface area contributed by atoms with Crippen LogP contribution in [-0.2, 0) is 17.6 Å². The molecule has 98 valence electrons. The quantitative estimate of drug-likeness (QED) is 0.841. The maximum atomic E-state index is 13.5. The lowest BCUT2D eigenvalue weighted by atomic mass is 10.0. The second kappa shape index (κ2) is 6.26. The smallest absolute Gasteiger partial charge is 0.143 e. The van der Waals surface area contributed by atoms with Gasteiger partial charge in [0.05, 0.1) is 0 Å². The Bertz CT molecular complexity index is 581. The van der Waals surface area contributed by atoms with E-state index in [9.17, 15) is 9.18 Å². The summed E-state index contributed by atoms with van der Waals surface area (Å²) in [4.78, 5) is 16.0. The van der Waals surface area contributed by atoms with Gasteiger partial charge in [-0.25, -0.2) is 4.39 Å². The number of Topliss-reactive ketones (excluding diaryl/α,β-unsaturated/α-hetero) is 1. The SMILES string of the molecule is O=C(Cc1ccc(Br)cn1)Cc1c(F)cccc1Cl. The lowest BCUT2D eigenvalue weighted by molar-refractivity contribution is -0.117. The van der Waals surface area contributed by atoms with E-state index in [1.807, 2.05) is 6.07 Å². The average molecular weight is 343 g/mol. The number of rotatable bonds is 4. The van der Waals surface area contributed by atoms with Crippen LogP contribution in [0.15, 0.2) is 41.0 Å². The molecule has 0 amide bonds. The number of carbonyl (C=O) groups is 1. The molecule has 0 aliphatic carbocycles. The van der Waals surface area contributed by atoms with Crippen molar-refractivity contribution in [2.75, 3.05) is 0 Å². The van der Waals surface area contributed by atoms with E-state index in [0.717, 1.165) is 4.47 Å². The van der Waals surface area contributed by atoms with Crippen LogP contribution in [-0.4, -0.2) is 10.8 Å². The summed E-state index contributed by atoms with van der Waals surface area (Å²) in [6.45, 7) is 0. The molecule has 0 spiro atoms. The van der Waals surface area contributed by atoms with E-state index in [1.54, 1.807) is 18.3 Å². The van der Waals surface area contributed by atoms with Crippen LogP contribution in [0.3, 0.4) is 0 Å². The van der Waals surface area contributed by atoms with Gasteiger partial charge in [0.2, 0.25) is 0 Å². The van der Waals surface area contributed by atoms with Crippen molar-refractivity contribution in [2.24, 2.45) is 0 Å². The summed E-state index contributed by atoms with van der Waals surface area (Å²) in [7, 11) is 0. The number of benzene rings is 1. The molecule has 1 aromatic heterocycles. The van der Waals surface area contributed by atoms with Gasteiger partial charge in [-0.3, -0.25) is 9.78 Å². The highest BCUT2D eigenvalue weighted by Gasteiger charge is 2.12. The predicted octanol–water partition coefficient (Wildman–Crippen LogP) is 3.99. The summed E-state index contributed by atoms with van der Waals surface area (Å²) >= 11 is 9.15. The largest absolute Gasteiger partial charge is 0.299 e. The maximum absolute atomic E-state index is 13.5. The monoisotopic (exact) mass is 341 g/mol. The van der Waals surface area contributed by atoms with Gasteiger partial charge in [-0.1, -0.05) is 17.7 Å². The van der Waals surface area contributed by atoms with E-state index in [4.69, 9.17) is 11.6 Å². The van der Waals surface area contributed by atoms with Crippen molar-refractivity contribution in [1.29, 1.82) is 0 Å². The Hall–Kier alpha value is -1.26. The highest BCUT2D eigenvalue weighted by molar-refractivity contribution is 9.10. The summed E-state index contributed by atoms with van der Waals surface area (Å²) in [5.74, 6) is -0.577. The van der Waals surface area contributed by atoms with Gasteiger partial charge >= 0.3 is 0 Å². The van der Waals surface area contributed by atoms with Crippen molar-refractivity contribution >= 4 is 33.3 Å². The normalized spacial score (nSPS) is 10.5. The minimum absolute atomic E-state index is 0.0246. The number of halogens is 3.